The second-order valence-electron chi connectivity index (χ2n) is 5.15. The van der Waals surface area contributed by atoms with Crippen molar-refractivity contribution in [2.45, 2.75) is 6.18 Å². The minimum atomic E-state index is -4.36. The molecular formula is C18H11F3INO2. The molecule has 2 aromatic rings. The Morgan fingerprint density at radius 1 is 0.960 bits per heavy atom. The Morgan fingerprint density at radius 3 is 2.12 bits per heavy atom. The van der Waals surface area contributed by atoms with Gasteiger partial charge in [0.25, 0.3) is 0 Å². The van der Waals surface area contributed by atoms with E-state index in [4.69, 9.17) is 5.11 Å². The predicted molar refractivity (Wildman–Crippen MR) is 98.7 cm³/mol. The van der Waals surface area contributed by atoms with E-state index in [1.54, 1.807) is 12.1 Å². The van der Waals surface area contributed by atoms with Crippen LogP contribution in [-0.2, 0) is 6.18 Å². The first-order valence-electron chi connectivity index (χ1n) is 7.11. The van der Waals surface area contributed by atoms with E-state index in [1.165, 1.54) is 24.3 Å². The molecule has 2 aromatic carbocycles. The smallest absolute Gasteiger partial charge is 0.416 e. The summed E-state index contributed by atoms with van der Waals surface area (Å²) >= 11 is -0.479. The van der Waals surface area contributed by atoms with Crippen LogP contribution in [0.3, 0.4) is 0 Å². The molecule has 0 saturated heterocycles. The summed E-state index contributed by atoms with van der Waals surface area (Å²) < 4.78 is 40.8. The van der Waals surface area contributed by atoms with Crippen molar-refractivity contribution < 1.29 is 23.1 Å². The van der Waals surface area contributed by atoms with Crippen molar-refractivity contribution in [1.29, 1.82) is 0 Å². The van der Waals surface area contributed by atoms with Crippen molar-refractivity contribution in [3.8, 4) is 0 Å². The van der Waals surface area contributed by atoms with E-state index in [-0.39, 0.29) is 5.56 Å². The lowest BCUT2D eigenvalue weighted by molar-refractivity contribution is -0.137. The van der Waals surface area contributed by atoms with Gasteiger partial charge < -0.3 is 5.11 Å². The predicted octanol–water partition coefficient (Wildman–Crippen LogP) is 4.87. The number of rotatable bonds is 3. The topological polar surface area (TPSA) is 49.7 Å². The SMILES string of the molecule is O=C(O)c1ccc(C2=IC=CC(c3ccc(C(F)(F)F)cc3)=N2)cc1. The Kier molecular flexibility index (Phi) is 4.85. The number of alkyl halides is 3. The molecule has 1 aliphatic rings. The van der Waals surface area contributed by atoms with Gasteiger partial charge in [0, 0.05) is 11.1 Å². The number of hydrogen-bond acceptors (Lipinski definition) is 2. The fraction of sp³-hybridized carbons (Fsp3) is 0.0556. The third-order valence-electron chi connectivity index (χ3n) is 3.48. The maximum atomic E-state index is 12.6. The normalized spacial score (nSPS) is 14.4. The monoisotopic (exact) mass is 457 g/mol. The summed E-state index contributed by atoms with van der Waals surface area (Å²) in [4.78, 5) is 15.5. The maximum absolute atomic E-state index is 12.6. The molecule has 0 amide bonds. The second-order valence-corrected chi connectivity index (χ2v) is 7.51. The number of halogens is 4. The number of carboxylic acid groups (broad SMARTS) is 1. The van der Waals surface area contributed by atoms with E-state index in [2.05, 4.69) is 4.99 Å². The highest BCUT2D eigenvalue weighted by atomic mass is 127. The van der Waals surface area contributed by atoms with Crippen LogP contribution in [0.25, 0.3) is 0 Å². The third kappa shape index (κ3) is 4.04. The Morgan fingerprint density at radius 2 is 1.56 bits per heavy atom. The van der Waals surface area contributed by atoms with Crippen LogP contribution in [0.1, 0.15) is 27.0 Å². The second kappa shape index (κ2) is 6.91. The van der Waals surface area contributed by atoms with Crippen molar-refractivity contribution in [2.75, 3.05) is 0 Å². The lowest BCUT2D eigenvalue weighted by atomic mass is 10.1. The minimum absolute atomic E-state index is 0.195. The van der Waals surface area contributed by atoms with Gasteiger partial charge in [-0.25, -0.2) is 9.79 Å². The van der Waals surface area contributed by atoms with Gasteiger partial charge in [-0.1, -0.05) is 45.0 Å². The van der Waals surface area contributed by atoms with E-state index in [0.717, 1.165) is 21.3 Å². The quantitative estimate of drug-likeness (QED) is 0.669. The number of aliphatic imine (C=N–C) groups is 1. The molecule has 0 bridgehead atoms. The molecule has 25 heavy (non-hydrogen) atoms. The maximum Gasteiger partial charge on any atom is 0.416 e. The van der Waals surface area contributed by atoms with E-state index >= 15 is 0 Å². The summed E-state index contributed by atoms with van der Waals surface area (Å²) in [6, 6.07) is 11.3. The van der Waals surface area contributed by atoms with Gasteiger partial charge in [-0.05, 0) is 34.4 Å². The molecule has 128 valence electrons. The Labute approximate surface area is 151 Å². The third-order valence-corrected chi connectivity index (χ3v) is 5.66. The minimum Gasteiger partial charge on any atom is -0.478 e. The molecule has 0 spiro atoms. The molecule has 0 unspecified atom stereocenters. The van der Waals surface area contributed by atoms with Crippen molar-refractivity contribution in [3.63, 3.8) is 0 Å². The lowest BCUT2D eigenvalue weighted by Gasteiger charge is -2.11. The molecule has 0 atom stereocenters. The molecule has 7 heteroatoms. The average molecular weight is 457 g/mol. The number of aromatic carboxylic acids is 1. The van der Waals surface area contributed by atoms with Gasteiger partial charge >= 0.3 is 12.1 Å². The Hall–Kier alpha value is -2.29. The standard InChI is InChI=1S/C18H11F3INO2/c19-18(20,21)14-7-5-11(6-8-14)15-9-10-22-16(23-15)12-1-3-13(4-2-12)17(24)25/h1-10H,(H,24,25). The molecule has 1 aliphatic heterocycles. The number of allylic oxidation sites excluding steroid dienone is 1. The van der Waals surface area contributed by atoms with E-state index in [9.17, 15) is 18.0 Å². The highest BCUT2D eigenvalue weighted by molar-refractivity contribution is 14.2. The first-order chi connectivity index (χ1) is 11.8. The van der Waals surface area contributed by atoms with Crippen LogP contribution in [0.4, 0.5) is 13.2 Å². The van der Waals surface area contributed by atoms with Gasteiger partial charge in [0.05, 0.1) is 16.8 Å². The molecular weight excluding hydrogens is 446 g/mol. The number of hydrogen-bond donors (Lipinski definition) is 1. The molecule has 3 nitrogen and oxygen atoms in total. The molecule has 0 radical (unpaired) electrons. The van der Waals surface area contributed by atoms with Crippen LogP contribution >= 0.6 is 20.7 Å². The molecule has 1 N–H and O–H groups in total. The zero-order chi connectivity index (χ0) is 18.0. The largest absolute Gasteiger partial charge is 0.478 e. The average Bonchev–Trinajstić information content (AvgIpc) is 2.61. The summed E-state index contributed by atoms with van der Waals surface area (Å²) in [5, 5.41) is 8.94. The number of carbonyl (C=O) groups is 1. The summed E-state index contributed by atoms with van der Waals surface area (Å²) in [6.07, 6.45) is -2.55. The molecule has 0 aromatic heterocycles. The van der Waals surface area contributed by atoms with Crippen LogP contribution < -0.4 is 0 Å². The number of carboxylic acids is 1. The van der Waals surface area contributed by atoms with E-state index in [0.29, 0.717) is 11.3 Å². The van der Waals surface area contributed by atoms with Gasteiger partial charge in [-0.3, -0.25) is 0 Å². The molecule has 0 aliphatic carbocycles. The van der Waals surface area contributed by atoms with E-state index in [1.807, 2.05) is 10.2 Å². The lowest BCUT2D eigenvalue weighted by Crippen LogP contribution is -2.08. The van der Waals surface area contributed by atoms with Crippen molar-refractivity contribution in [1.82, 2.24) is 0 Å². The molecule has 0 saturated carbocycles. The fourth-order valence-electron chi connectivity index (χ4n) is 2.19. The van der Waals surface area contributed by atoms with Gasteiger partial charge in [0.2, 0.25) is 0 Å². The van der Waals surface area contributed by atoms with Crippen LogP contribution in [0, 0.1) is 0 Å². The number of nitrogens with zero attached hydrogens (tertiary/aromatic N) is 1. The summed E-state index contributed by atoms with van der Waals surface area (Å²) in [5.41, 5.74) is 1.52. The Balaban J connectivity index is 1.88. The van der Waals surface area contributed by atoms with E-state index < -0.39 is 38.4 Å². The van der Waals surface area contributed by atoms with Crippen LogP contribution in [-0.4, -0.2) is 20.4 Å². The van der Waals surface area contributed by atoms with Gasteiger partial charge in [0.1, 0.15) is 3.63 Å². The van der Waals surface area contributed by atoms with Gasteiger partial charge in [-0.15, -0.1) is 0 Å². The summed E-state index contributed by atoms with van der Waals surface area (Å²) in [7, 11) is 0. The molecule has 0 fully saturated rings. The van der Waals surface area contributed by atoms with Crippen LogP contribution in [0.2, 0.25) is 0 Å². The Bertz CT molecular complexity index is 895. The van der Waals surface area contributed by atoms with Crippen LogP contribution in [0.15, 0.2) is 63.7 Å². The van der Waals surface area contributed by atoms with Crippen LogP contribution in [0.5, 0.6) is 0 Å². The molecule has 3 rings (SSSR count). The summed E-state index contributed by atoms with van der Waals surface area (Å²) in [5.74, 6) is -0.997. The highest BCUT2D eigenvalue weighted by Gasteiger charge is 2.30. The first kappa shape index (κ1) is 17.5. The van der Waals surface area contributed by atoms with Crippen molar-refractivity contribution >= 4 is 36.0 Å². The zero-order valence-electron chi connectivity index (χ0n) is 12.6. The molecule has 1 heterocycles. The van der Waals surface area contributed by atoms with Crippen molar-refractivity contribution in [3.05, 3.63) is 80.9 Å². The van der Waals surface area contributed by atoms with Crippen molar-refractivity contribution in [2.24, 2.45) is 4.99 Å². The fourth-order valence-corrected chi connectivity index (χ4v) is 4.17. The van der Waals surface area contributed by atoms with Gasteiger partial charge in [0.15, 0.2) is 0 Å². The zero-order valence-corrected chi connectivity index (χ0v) is 14.7. The van der Waals surface area contributed by atoms with Gasteiger partial charge in [-0.2, -0.15) is 13.2 Å². The number of benzene rings is 2. The first-order valence-corrected chi connectivity index (χ1v) is 9.44. The highest BCUT2D eigenvalue weighted by Crippen LogP contribution is 2.29. The summed E-state index contributed by atoms with van der Waals surface area (Å²) in [6.45, 7) is 0.